The van der Waals surface area contributed by atoms with Crippen molar-refractivity contribution in [3.05, 3.63) is 59.4 Å². The number of likely N-dealkylation sites (N-methyl/N-ethyl adjacent to an activating group) is 1. The van der Waals surface area contributed by atoms with Crippen LogP contribution in [-0.2, 0) is 0 Å². The average molecular weight is 398 g/mol. The van der Waals surface area contributed by atoms with Gasteiger partial charge in [-0.25, -0.2) is 4.39 Å². The van der Waals surface area contributed by atoms with Crippen LogP contribution in [0, 0.1) is 5.82 Å². The third kappa shape index (κ3) is 4.77. The van der Waals surface area contributed by atoms with Gasteiger partial charge in [0.1, 0.15) is 5.82 Å². The smallest absolute Gasteiger partial charge is 0.185 e. The SMILES string of the molecule is CCN1CCN(c2ccc(C(=O)/C=C/c3cccc(OC)c3OC)cc2F)CC1. The van der Waals surface area contributed by atoms with Crippen LogP contribution in [0.3, 0.4) is 0 Å². The Morgan fingerprint density at radius 1 is 1.10 bits per heavy atom. The van der Waals surface area contributed by atoms with Crippen molar-refractivity contribution in [2.24, 2.45) is 0 Å². The number of rotatable bonds is 7. The minimum absolute atomic E-state index is 0.267. The van der Waals surface area contributed by atoms with Crippen molar-refractivity contribution in [1.29, 1.82) is 0 Å². The zero-order valence-electron chi connectivity index (χ0n) is 17.2. The molecule has 0 aromatic heterocycles. The van der Waals surface area contributed by atoms with E-state index in [0.29, 0.717) is 28.3 Å². The van der Waals surface area contributed by atoms with E-state index in [1.165, 1.54) is 12.1 Å². The van der Waals surface area contributed by atoms with E-state index < -0.39 is 0 Å². The maximum atomic E-state index is 14.7. The molecule has 1 fully saturated rings. The van der Waals surface area contributed by atoms with Crippen LogP contribution in [0.25, 0.3) is 6.08 Å². The first-order valence-electron chi connectivity index (χ1n) is 9.77. The van der Waals surface area contributed by atoms with Gasteiger partial charge in [-0.2, -0.15) is 0 Å². The molecule has 3 rings (SSSR count). The van der Waals surface area contributed by atoms with Crippen LogP contribution >= 0.6 is 0 Å². The molecule has 0 N–H and O–H groups in total. The zero-order chi connectivity index (χ0) is 20.8. The molecule has 0 aliphatic carbocycles. The standard InChI is InChI=1S/C23H27FN2O3/c1-4-25-12-14-26(15-13-25)20-10-8-18(16-19(20)24)21(27)11-9-17-6-5-7-22(28-2)23(17)29-3/h5-11,16H,4,12-15H2,1-3H3/b11-9+. The second-order valence-corrected chi connectivity index (χ2v) is 6.87. The number of ketones is 1. The number of para-hydroxylation sites is 1. The molecule has 6 heteroatoms. The summed E-state index contributed by atoms with van der Waals surface area (Å²) in [5.74, 6) is 0.497. The van der Waals surface area contributed by atoms with Crippen LogP contribution in [0.1, 0.15) is 22.8 Å². The van der Waals surface area contributed by atoms with Crippen LogP contribution in [-0.4, -0.2) is 57.6 Å². The summed E-state index contributed by atoms with van der Waals surface area (Å²) in [6.07, 6.45) is 3.07. The lowest BCUT2D eigenvalue weighted by molar-refractivity contribution is 0.104. The van der Waals surface area contributed by atoms with Crippen molar-refractivity contribution < 1.29 is 18.7 Å². The molecule has 1 heterocycles. The van der Waals surface area contributed by atoms with E-state index >= 15 is 0 Å². The fraction of sp³-hybridized carbons (Fsp3) is 0.348. The van der Waals surface area contributed by atoms with Crippen molar-refractivity contribution in [1.82, 2.24) is 4.90 Å². The second-order valence-electron chi connectivity index (χ2n) is 6.87. The fourth-order valence-electron chi connectivity index (χ4n) is 3.53. The van der Waals surface area contributed by atoms with Gasteiger partial charge >= 0.3 is 0 Å². The predicted molar refractivity (Wildman–Crippen MR) is 114 cm³/mol. The van der Waals surface area contributed by atoms with E-state index in [0.717, 1.165) is 32.7 Å². The lowest BCUT2D eigenvalue weighted by Crippen LogP contribution is -2.46. The summed E-state index contributed by atoms with van der Waals surface area (Å²) in [7, 11) is 3.11. The number of methoxy groups -OCH3 is 2. The molecular formula is C23H27FN2O3. The fourth-order valence-corrected chi connectivity index (χ4v) is 3.53. The summed E-state index contributed by atoms with van der Waals surface area (Å²) >= 11 is 0. The number of hydrogen-bond donors (Lipinski definition) is 0. The number of ether oxygens (including phenoxy) is 2. The summed E-state index contributed by atoms with van der Waals surface area (Å²) in [6.45, 7) is 6.55. The maximum absolute atomic E-state index is 14.7. The first-order chi connectivity index (χ1) is 14.1. The quantitative estimate of drug-likeness (QED) is 0.523. The molecule has 0 bridgehead atoms. The monoisotopic (exact) mass is 398 g/mol. The minimum Gasteiger partial charge on any atom is -0.493 e. The highest BCUT2D eigenvalue weighted by molar-refractivity contribution is 6.07. The molecule has 1 aliphatic heterocycles. The highest BCUT2D eigenvalue weighted by Crippen LogP contribution is 2.31. The molecular weight excluding hydrogens is 371 g/mol. The highest BCUT2D eigenvalue weighted by atomic mass is 19.1. The summed E-state index contributed by atoms with van der Waals surface area (Å²) in [4.78, 5) is 16.9. The number of hydrogen-bond acceptors (Lipinski definition) is 5. The number of carbonyl (C=O) groups excluding carboxylic acids is 1. The summed E-state index contributed by atoms with van der Waals surface area (Å²) < 4.78 is 25.3. The van der Waals surface area contributed by atoms with Gasteiger partial charge in [0.25, 0.3) is 0 Å². The number of carbonyl (C=O) groups is 1. The Morgan fingerprint density at radius 2 is 1.86 bits per heavy atom. The normalized spacial score (nSPS) is 15.0. The Hall–Kier alpha value is -2.86. The Labute approximate surface area is 171 Å². The number of piperazine rings is 1. The Morgan fingerprint density at radius 3 is 2.48 bits per heavy atom. The number of halogens is 1. The van der Waals surface area contributed by atoms with Crippen molar-refractivity contribution in [2.45, 2.75) is 6.92 Å². The van der Waals surface area contributed by atoms with E-state index in [2.05, 4.69) is 11.8 Å². The molecule has 29 heavy (non-hydrogen) atoms. The molecule has 5 nitrogen and oxygen atoms in total. The number of allylic oxidation sites excluding steroid dienone is 1. The van der Waals surface area contributed by atoms with Gasteiger partial charge in [-0.1, -0.05) is 19.1 Å². The van der Waals surface area contributed by atoms with Crippen LogP contribution in [0.4, 0.5) is 10.1 Å². The van der Waals surface area contributed by atoms with Gasteiger partial charge in [-0.3, -0.25) is 4.79 Å². The maximum Gasteiger partial charge on any atom is 0.185 e. The molecule has 0 saturated carbocycles. The topological polar surface area (TPSA) is 42.0 Å². The first-order valence-corrected chi connectivity index (χ1v) is 9.77. The van der Waals surface area contributed by atoms with Gasteiger partial charge < -0.3 is 19.3 Å². The molecule has 1 saturated heterocycles. The van der Waals surface area contributed by atoms with Gasteiger partial charge in [0.05, 0.1) is 19.9 Å². The minimum atomic E-state index is -0.367. The number of anilines is 1. The highest BCUT2D eigenvalue weighted by Gasteiger charge is 2.19. The lowest BCUT2D eigenvalue weighted by Gasteiger charge is -2.35. The van der Waals surface area contributed by atoms with Crippen LogP contribution < -0.4 is 14.4 Å². The van der Waals surface area contributed by atoms with Gasteiger partial charge in [0.2, 0.25) is 0 Å². The van der Waals surface area contributed by atoms with Crippen LogP contribution in [0.15, 0.2) is 42.5 Å². The molecule has 0 radical (unpaired) electrons. The molecule has 1 aliphatic rings. The average Bonchev–Trinajstić information content (AvgIpc) is 2.77. The molecule has 0 spiro atoms. The summed E-state index contributed by atoms with van der Waals surface area (Å²) in [6, 6.07) is 10.1. The molecule has 2 aromatic rings. The van der Waals surface area contributed by atoms with Crippen molar-refractivity contribution in [2.75, 3.05) is 51.8 Å². The molecule has 2 aromatic carbocycles. The molecule has 0 atom stereocenters. The zero-order valence-corrected chi connectivity index (χ0v) is 17.2. The van der Waals surface area contributed by atoms with E-state index in [-0.39, 0.29) is 11.6 Å². The Kier molecular flexibility index (Phi) is 6.88. The van der Waals surface area contributed by atoms with E-state index in [9.17, 15) is 9.18 Å². The van der Waals surface area contributed by atoms with Crippen molar-refractivity contribution >= 4 is 17.5 Å². The van der Waals surface area contributed by atoms with Gasteiger partial charge in [-0.15, -0.1) is 0 Å². The second kappa shape index (κ2) is 9.56. The van der Waals surface area contributed by atoms with Gasteiger partial charge in [0, 0.05) is 37.3 Å². The molecule has 0 unspecified atom stereocenters. The first kappa shape index (κ1) is 20.9. The largest absolute Gasteiger partial charge is 0.493 e. The number of nitrogens with zero attached hydrogens (tertiary/aromatic N) is 2. The van der Waals surface area contributed by atoms with Crippen molar-refractivity contribution in [3.63, 3.8) is 0 Å². The molecule has 0 amide bonds. The summed E-state index contributed by atoms with van der Waals surface area (Å²) in [5.41, 5.74) is 1.58. The Balaban J connectivity index is 1.74. The third-order valence-corrected chi connectivity index (χ3v) is 5.24. The molecule has 154 valence electrons. The van der Waals surface area contributed by atoms with Gasteiger partial charge in [0.15, 0.2) is 17.3 Å². The van der Waals surface area contributed by atoms with E-state index in [1.54, 1.807) is 38.5 Å². The van der Waals surface area contributed by atoms with Crippen molar-refractivity contribution in [3.8, 4) is 11.5 Å². The van der Waals surface area contributed by atoms with Gasteiger partial charge in [-0.05, 0) is 43.0 Å². The van der Waals surface area contributed by atoms with E-state index in [4.69, 9.17) is 9.47 Å². The van der Waals surface area contributed by atoms with E-state index in [1.807, 2.05) is 17.0 Å². The third-order valence-electron chi connectivity index (χ3n) is 5.24. The van der Waals surface area contributed by atoms with Crippen LogP contribution in [0.5, 0.6) is 11.5 Å². The number of benzene rings is 2. The lowest BCUT2D eigenvalue weighted by atomic mass is 10.1. The van der Waals surface area contributed by atoms with Crippen LogP contribution in [0.2, 0.25) is 0 Å². The summed E-state index contributed by atoms with van der Waals surface area (Å²) in [5, 5.41) is 0. The predicted octanol–water partition coefficient (Wildman–Crippen LogP) is 3.88. The Bertz CT molecular complexity index is 890.